The fourth-order valence-corrected chi connectivity index (χ4v) is 2.21. The van der Waals surface area contributed by atoms with E-state index >= 15 is 0 Å². The number of likely N-dealkylation sites (N-methyl/N-ethyl adjacent to an activating group) is 2. The smallest absolute Gasteiger partial charge is 0.333 e. The van der Waals surface area contributed by atoms with Gasteiger partial charge < -0.3 is 5.11 Å². The Morgan fingerprint density at radius 1 is 1.17 bits per heavy atom. The normalized spacial score (nSPS) is 15.3. The van der Waals surface area contributed by atoms with Crippen LogP contribution in [0.2, 0.25) is 5.02 Å². The van der Waals surface area contributed by atoms with Crippen molar-refractivity contribution in [2.45, 2.75) is 0 Å². The van der Waals surface area contributed by atoms with Crippen LogP contribution in [0, 0.1) is 10.1 Å². The summed E-state index contributed by atoms with van der Waals surface area (Å²) >= 11 is 5.75. The molecular weight excluding hydrogens is 330 g/mol. The standard InChI is InChI=1S/C13H10ClN3O6/c1-15-11(19)8(12(20)16(2)13(15)21)4-6-3-7(14)5-9(10(6)18)17(22)23/h3-5,18H,1-2H3. The Balaban J connectivity index is 2.62. The number of halogens is 1. The monoisotopic (exact) mass is 339 g/mol. The average molecular weight is 340 g/mol. The van der Waals surface area contributed by atoms with E-state index in [1.165, 1.54) is 14.1 Å². The maximum absolute atomic E-state index is 12.1. The Morgan fingerprint density at radius 3 is 2.17 bits per heavy atom. The van der Waals surface area contributed by atoms with E-state index in [1.807, 2.05) is 0 Å². The zero-order valence-corrected chi connectivity index (χ0v) is 12.7. The highest BCUT2D eigenvalue weighted by molar-refractivity contribution is 6.32. The van der Waals surface area contributed by atoms with Crippen molar-refractivity contribution in [3.63, 3.8) is 0 Å². The Morgan fingerprint density at radius 2 is 1.70 bits per heavy atom. The summed E-state index contributed by atoms with van der Waals surface area (Å²) in [6, 6.07) is 1.29. The van der Waals surface area contributed by atoms with Crippen LogP contribution in [-0.4, -0.2) is 51.8 Å². The Kier molecular flexibility index (Phi) is 4.06. The lowest BCUT2D eigenvalue weighted by Gasteiger charge is -2.28. The zero-order chi connectivity index (χ0) is 17.5. The molecule has 1 fully saturated rings. The molecule has 0 saturated carbocycles. The van der Waals surface area contributed by atoms with E-state index in [-0.39, 0.29) is 10.6 Å². The van der Waals surface area contributed by atoms with Crippen molar-refractivity contribution in [3.8, 4) is 5.75 Å². The number of rotatable bonds is 2. The summed E-state index contributed by atoms with van der Waals surface area (Å²) < 4.78 is 0. The van der Waals surface area contributed by atoms with Gasteiger partial charge in [0.2, 0.25) is 5.75 Å². The minimum atomic E-state index is -0.889. The maximum Gasteiger partial charge on any atom is 0.333 e. The largest absolute Gasteiger partial charge is 0.502 e. The van der Waals surface area contributed by atoms with Gasteiger partial charge in [-0.3, -0.25) is 29.5 Å². The minimum Gasteiger partial charge on any atom is -0.502 e. The fraction of sp³-hybridized carbons (Fsp3) is 0.154. The third kappa shape index (κ3) is 2.73. The highest BCUT2D eigenvalue weighted by Crippen LogP contribution is 2.35. The summed E-state index contributed by atoms with van der Waals surface area (Å²) in [5.74, 6) is -2.52. The molecule has 1 saturated heterocycles. The summed E-state index contributed by atoms with van der Waals surface area (Å²) in [7, 11) is 2.36. The van der Waals surface area contributed by atoms with Gasteiger partial charge in [-0.25, -0.2) is 4.79 Å². The number of aromatic hydroxyl groups is 1. The molecule has 0 radical (unpaired) electrons. The molecule has 1 aromatic rings. The molecule has 23 heavy (non-hydrogen) atoms. The van der Waals surface area contributed by atoms with Crippen molar-refractivity contribution in [1.29, 1.82) is 0 Å². The number of barbiturate groups is 1. The van der Waals surface area contributed by atoms with E-state index in [1.54, 1.807) is 0 Å². The van der Waals surface area contributed by atoms with Crippen molar-refractivity contribution in [2.24, 2.45) is 0 Å². The van der Waals surface area contributed by atoms with Gasteiger partial charge in [-0.15, -0.1) is 0 Å². The average Bonchev–Trinajstić information content (AvgIpc) is 2.50. The van der Waals surface area contributed by atoms with E-state index in [4.69, 9.17) is 11.6 Å². The van der Waals surface area contributed by atoms with Gasteiger partial charge in [-0.2, -0.15) is 0 Å². The number of nitrogens with zero attached hydrogens (tertiary/aromatic N) is 3. The lowest BCUT2D eigenvalue weighted by atomic mass is 10.1. The van der Waals surface area contributed by atoms with Crippen LogP contribution >= 0.6 is 11.6 Å². The van der Waals surface area contributed by atoms with Gasteiger partial charge in [0.1, 0.15) is 5.57 Å². The van der Waals surface area contributed by atoms with E-state index < -0.39 is 39.8 Å². The maximum atomic E-state index is 12.1. The first-order chi connectivity index (χ1) is 10.6. The summed E-state index contributed by atoms with van der Waals surface area (Å²) in [6.07, 6.45) is 0.957. The molecule has 0 atom stereocenters. The second-order valence-electron chi connectivity index (χ2n) is 4.69. The quantitative estimate of drug-likeness (QED) is 0.376. The molecule has 0 aliphatic carbocycles. The Hall–Kier alpha value is -2.94. The SMILES string of the molecule is CN1C(=O)C(=Cc2cc(Cl)cc([N+](=O)[O-])c2O)C(=O)N(C)C1=O. The highest BCUT2D eigenvalue weighted by atomic mass is 35.5. The first-order valence-corrected chi connectivity index (χ1v) is 6.51. The van der Waals surface area contributed by atoms with Gasteiger partial charge in [-0.1, -0.05) is 11.6 Å². The number of phenols is 1. The number of benzene rings is 1. The molecule has 0 bridgehead atoms. The molecule has 9 nitrogen and oxygen atoms in total. The van der Waals surface area contributed by atoms with Crippen LogP contribution in [0.1, 0.15) is 5.56 Å². The molecule has 120 valence electrons. The topological polar surface area (TPSA) is 121 Å². The van der Waals surface area contributed by atoms with Crippen LogP contribution in [0.25, 0.3) is 6.08 Å². The third-order valence-corrected chi connectivity index (χ3v) is 3.44. The molecule has 0 spiro atoms. The van der Waals surface area contributed by atoms with Crippen LogP contribution in [0.4, 0.5) is 10.5 Å². The van der Waals surface area contributed by atoms with Gasteiger partial charge in [0.05, 0.1) is 4.92 Å². The molecule has 1 aromatic carbocycles. The lowest BCUT2D eigenvalue weighted by Crippen LogP contribution is -2.52. The van der Waals surface area contributed by atoms with E-state index in [0.29, 0.717) is 9.80 Å². The first-order valence-electron chi connectivity index (χ1n) is 6.13. The van der Waals surface area contributed by atoms with Crippen LogP contribution in [0.3, 0.4) is 0 Å². The van der Waals surface area contributed by atoms with Crippen molar-refractivity contribution < 1.29 is 24.4 Å². The first kappa shape index (κ1) is 16.4. The van der Waals surface area contributed by atoms with Crippen LogP contribution in [-0.2, 0) is 9.59 Å². The molecule has 2 rings (SSSR count). The number of hydrogen-bond acceptors (Lipinski definition) is 6. The molecule has 1 aliphatic heterocycles. The van der Waals surface area contributed by atoms with E-state index in [2.05, 4.69) is 0 Å². The number of carbonyl (C=O) groups excluding carboxylic acids is 3. The number of phenolic OH excluding ortho intramolecular Hbond substituents is 1. The molecule has 0 unspecified atom stereocenters. The molecule has 0 aromatic heterocycles. The van der Waals surface area contributed by atoms with Crippen molar-refractivity contribution >= 4 is 41.2 Å². The molecule has 4 amide bonds. The molecule has 1 aliphatic rings. The number of urea groups is 1. The van der Waals surface area contributed by atoms with Crippen molar-refractivity contribution in [2.75, 3.05) is 14.1 Å². The Bertz CT molecular complexity index is 762. The number of nitro benzene ring substituents is 1. The fourth-order valence-electron chi connectivity index (χ4n) is 1.99. The second-order valence-corrected chi connectivity index (χ2v) is 5.13. The summed E-state index contributed by atoms with van der Waals surface area (Å²) in [6.45, 7) is 0. The van der Waals surface area contributed by atoms with Crippen LogP contribution in [0.15, 0.2) is 17.7 Å². The molecule has 10 heteroatoms. The van der Waals surface area contributed by atoms with Gasteiger partial charge in [0.25, 0.3) is 11.8 Å². The zero-order valence-electron chi connectivity index (χ0n) is 11.9. The van der Waals surface area contributed by atoms with Crippen molar-refractivity contribution in [1.82, 2.24) is 9.80 Å². The van der Waals surface area contributed by atoms with Gasteiger partial charge in [0.15, 0.2) is 0 Å². The van der Waals surface area contributed by atoms with Gasteiger partial charge in [-0.05, 0) is 12.1 Å². The number of carbonyl (C=O) groups is 3. The number of imide groups is 2. The summed E-state index contributed by atoms with van der Waals surface area (Å²) in [5, 5.41) is 20.7. The van der Waals surface area contributed by atoms with Gasteiger partial charge >= 0.3 is 11.7 Å². The Labute approximate surface area is 134 Å². The van der Waals surface area contributed by atoms with Gasteiger partial charge in [0, 0.05) is 30.7 Å². The summed E-state index contributed by atoms with van der Waals surface area (Å²) in [5.41, 5.74) is -1.28. The molecular formula is C13H10ClN3O6. The number of nitro groups is 1. The van der Waals surface area contributed by atoms with Crippen molar-refractivity contribution in [3.05, 3.63) is 38.4 Å². The highest BCUT2D eigenvalue weighted by Gasteiger charge is 2.38. The minimum absolute atomic E-state index is 0.0603. The predicted octanol–water partition coefficient (Wildman–Crippen LogP) is 1.39. The van der Waals surface area contributed by atoms with Crippen LogP contribution < -0.4 is 0 Å². The second kappa shape index (κ2) is 5.69. The lowest BCUT2D eigenvalue weighted by molar-refractivity contribution is -0.385. The number of hydrogen-bond donors (Lipinski definition) is 1. The number of amides is 4. The third-order valence-electron chi connectivity index (χ3n) is 3.22. The van der Waals surface area contributed by atoms with E-state index in [9.17, 15) is 29.6 Å². The molecule has 1 N–H and O–H groups in total. The summed E-state index contributed by atoms with van der Waals surface area (Å²) in [4.78, 5) is 47.2. The molecule has 1 heterocycles. The van der Waals surface area contributed by atoms with Crippen LogP contribution in [0.5, 0.6) is 5.75 Å². The predicted molar refractivity (Wildman–Crippen MR) is 78.7 cm³/mol. The van der Waals surface area contributed by atoms with E-state index in [0.717, 1.165) is 18.2 Å².